The van der Waals surface area contributed by atoms with Gasteiger partial charge in [0, 0.05) is 37.0 Å². The molecule has 1 fully saturated rings. The number of carbonyl (C=O) groups excluding carboxylic acids is 1. The minimum absolute atomic E-state index is 0.0642. The Hall–Kier alpha value is -1.66. The maximum absolute atomic E-state index is 12.4. The van der Waals surface area contributed by atoms with E-state index in [1.165, 1.54) is 9.71 Å². The van der Waals surface area contributed by atoms with E-state index in [-0.39, 0.29) is 5.91 Å². The van der Waals surface area contributed by atoms with Crippen LogP contribution in [0.5, 0.6) is 0 Å². The predicted molar refractivity (Wildman–Crippen MR) is 92.0 cm³/mol. The Morgan fingerprint density at radius 3 is 2.13 bits per heavy atom. The van der Waals surface area contributed by atoms with Gasteiger partial charge < -0.3 is 4.90 Å². The molecule has 0 radical (unpaired) electrons. The fourth-order valence-corrected chi connectivity index (χ4v) is 3.61. The number of carbonyl (C=O) groups is 1. The van der Waals surface area contributed by atoms with Crippen molar-refractivity contribution in [1.82, 2.24) is 9.21 Å². The van der Waals surface area contributed by atoms with Crippen LogP contribution in [-0.2, 0) is 14.8 Å². The van der Waals surface area contributed by atoms with Gasteiger partial charge in [0.25, 0.3) is 0 Å². The number of benzene rings is 1. The molecule has 5 nitrogen and oxygen atoms in total. The highest BCUT2D eigenvalue weighted by molar-refractivity contribution is 7.92. The van der Waals surface area contributed by atoms with Crippen molar-refractivity contribution in [3.63, 3.8) is 0 Å². The lowest BCUT2D eigenvalue weighted by Gasteiger charge is -2.36. The van der Waals surface area contributed by atoms with Crippen LogP contribution in [0.1, 0.15) is 26.3 Å². The fraction of sp³-hybridized carbons (Fsp3) is 0.471. The average molecular weight is 336 g/mol. The van der Waals surface area contributed by atoms with Crippen molar-refractivity contribution in [2.24, 2.45) is 5.41 Å². The number of hydrogen-bond donors (Lipinski definition) is 0. The van der Waals surface area contributed by atoms with E-state index in [0.29, 0.717) is 26.2 Å². The molecule has 1 aliphatic rings. The first-order chi connectivity index (χ1) is 10.7. The van der Waals surface area contributed by atoms with Crippen LogP contribution < -0.4 is 0 Å². The fourth-order valence-electron chi connectivity index (χ4n) is 2.43. The lowest BCUT2D eigenvalue weighted by atomic mass is 9.94. The van der Waals surface area contributed by atoms with Crippen molar-refractivity contribution in [3.05, 3.63) is 41.3 Å². The van der Waals surface area contributed by atoms with Crippen LogP contribution >= 0.6 is 0 Å². The molecule has 0 bridgehead atoms. The normalized spacial score (nSPS) is 17.6. The molecular weight excluding hydrogens is 312 g/mol. The SMILES string of the molecule is CC(C)(C)C(=O)N1CCN(S(=O)(=O)/C=C/c2ccccc2)CC1. The first-order valence-electron chi connectivity index (χ1n) is 7.73. The number of piperazine rings is 1. The second kappa shape index (κ2) is 6.84. The van der Waals surface area contributed by atoms with Crippen LogP contribution in [0, 0.1) is 5.41 Å². The van der Waals surface area contributed by atoms with Gasteiger partial charge in [0.1, 0.15) is 0 Å². The number of amides is 1. The van der Waals surface area contributed by atoms with Crippen LogP contribution in [-0.4, -0.2) is 49.7 Å². The molecule has 126 valence electrons. The molecule has 0 spiro atoms. The molecule has 1 saturated heterocycles. The van der Waals surface area contributed by atoms with E-state index in [0.717, 1.165) is 5.56 Å². The molecule has 0 unspecified atom stereocenters. The van der Waals surface area contributed by atoms with E-state index < -0.39 is 15.4 Å². The molecule has 0 aliphatic carbocycles. The first-order valence-corrected chi connectivity index (χ1v) is 9.23. The maximum atomic E-state index is 12.4. The molecular formula is C17H24N2O3S. The van der Waals surface area contributed by atoms with Gasteiger partial charge in [0.05, 0.1) is 0 Å². The van der Waals surface area contributed by atoms with Crippen molar-refractivity contribution in [3.8, 4) is 0 Å². The first kappa shape index (κ1) is 17.7. The summed E-state index contributed by atoms with van der Waals surface area (Å²) in [6.07, 6.45) is 1.60. The minimum Gasteiger partial charge on any atom is -0.340 e. The molecule has 0 saturated carbocycles. The number of nitrogens with zero attached hydrogens (tertiary/aromatic N) is 2. The van der Waals surface area contributed by atoms with Gasteiger partial charge in [-0.2, -0.15) is 4.31 Å². The summed E-state index contributed by atoms with van der Waals surface area (Å²) < 4.78 is 26.2. The number of rotatable bonds is 3. The summed E-state index contributed by atoms with van der Waals surface area (Å²) in [5.74, 6) is 0.0642. The van der Waals surface area contributed by atoms with Gasteiger partial charge in [-0.25, -0.2) is 8.42 Å². The standard InChI is InChI=1S/C17H24N2O3S/c1-17(2,3)16(20)18-10-12-19(13-11-18)23(21,22)14-9-15-7-5-4-6-8-15/h4-9,14H,10-13H2,1-3H3/b14-9+. The Morgan fingerprint density at radius 2 is 1.61 bits per heavy atom. The summed E-state index contributed by atoms with van der Waals surface area (Å²) in [5, 5.41) is 1.24. The number of sulfonamides is 1. The molecule has 1 aromatic carbocycles. The van der Waals surface area contributed by atoms with Crippen molar-refractivity contribution in [1.29, 1.82) is 0 Å². The van der Waals surface area contributed by atoms with Crippen LogP contribution in [0.25, 0.3) is 6.08 Å². The van der Waals surface area contributed by atoms with E-state index in [4.69, 9.17) is 0 Å². The smallest absolute Gasteiger partial charge is 0.236 e. The Labute approximate surface area is 138 Å². The van der Waals surface area contributed by atoms with Gasteiger partial charge in [0.15, 0.2) is 0 Å². The highest BCUT2D eigenvalue weighted by Crippen LogP contribution is 2.19. The Bertz CT molecular complexity index is 668. The van der Waals surface area contributed by atoms with Crippen LogP contribution in [0.3, 0.4) is 0 Å². The molecule has 23 heavy (non-hydrogen) atoms. The average Bonchev–Trinajstić information content (AvgIpc) is 2.52. The molecule has 2 rings (SSSR count). The van der Waals surface area contributed by atoms with Gasteiger partial charge in [-0.15, -0.1) is 0 Å². The van der Waals surface area contributed by atoms with E-state index in [9.17, 15) is 13.2 Å². The summed E-state index contributed by atoms with van der Waals surface area (Å²) in [5.41, 5.74) is 0.409. The molecule has 0 atom stereocenters. The Balaban J connectivity index is 1.99. The molecule has 1 aromatic rings. The molecule has 0 aromatic heterocycles. The molecule has 1 heterocycles. The van der Waals surface area contributed by atoms with E-state index in [2.05, 4.69) is 0 Å². The van der Waals surface area contributed by atoms with Gasteiger partial charge >= 0.3 is 0 Å². The summed E-state index contributed by atoms with van der Waals surface area (Å²) in [6, 6.07) is 9.32. The van der Waals surface area contributed by atoms with Crippen molar-refractivity contribution in [2.75, 3.05) is 26.2 Å². The molecule has 0 N–H and O–H groups in total. The van der Waals surface area contributed by atoms with Gasteiger partial charge in [-0.1, -0.05) is 51.1 Å². The zero-order valence-electron chi connectivity index (χ0n) is 13.9. The summed E-state index contributed by atoms with van der Waals surface area (Å²) in [6.45, 7) is 7.18. The quantitative estimate of drug-likeness (QED) is 0.850. The molecule has 6 heteroatoms. The largest absolute Gasteiger partial charge is 0.340 e. The minimum atomic E-state index is -3.45. The third-order valence-electron chi connectivity index (χ3n) is 3.76. The van der Waals surface area contributed by atoms with E-state index in [1.54, 1.807) is 11.0 Å². The van der Waals surface area contributed by atoms with Gasteiger partial charge in [-0.3, -0.25) is 4.79 Å². The van der Waals surface area contributed by atoms with Gasteiger partial charge in [-0.05, 0) is 11.6 Å². The van der Waals surface area contributed by atoms with Crippen LogP contribution in [0.15, 0.2) is 35.7 Å². The van der Waals surface area contributed by atoms with Crippen LogP contribution in [0.4, 0.5) is 0 Å². The topological polar surface area (TPSA) is 57.7 Å². The van der Waals surface area contributed by atoms with Crippen molar-refractivity contribution in [2.45, 2.75) is 20.8 Å². The monoisotopic (exact) mass is 336 g/mol. The zero-order chi connectivity index (χ0) is 17.1. The second-order valence-electron chi connectivity index (χ2n) is 6.70. The summed E-state index contributed by atoms with van der Waals surface area (Å²) in [7, 11) is -3.45. The van der Waals surface area contributed by atoms with E-state index >= 15 is 0 Å². The third-order valence-corrected chi connectivity index (χ3v) is 5.32. The lowest BCUT2D eigenvalue weighted by Crippen LogP contribution is -2.52. The summed E-state index contributed by atoms with van der Waals surface area (Å²) in [4.78, 5) is 14.0. The highest BCUT2D eigenvalue weighted by Gasteiger charge is 2.32. The van der Waals surface area contributed by atoms with Crippen molar-refractivity contribution < 1.29 is 13.2 Å². The Morgan fingerprint density at radius 1 is 1.04 bits per heavy atom. The van der Waals surface area contributed by atoms with Gasteiger partial charge in [0.2, 0.25) is 15.9 Å². The van der Waals surface area contributed by atoms with Crippen LogP contribution in [0.2, 0.25) is 0 Å². The highest BCUT2D eigenvalue weighted by atomic mass is 32.2. The second-order valence-corrected chi connectivity index (χ2v) is 8.52. The lowest BCUT2D eigenvalue weighted by molar-refractivity contribution is -0.140. The van der Waals surface area contributed by atoms with E-state index in [1.807, 2.05) is 51.1 Å². The summed E-state index contributed by atoms with van der Waals surface area (Å²) >= 11 is 0. The maximum Gasteiger partial charge on any atom is 0.236 e. The molecule has 1 aliphatic heterocycles. The molecule has 1 amide bonds. The predicted octanol–water partition coefficient (Wildman–Crippen LogP) is 2.18. The number of hydrogen-bond acceptors (Lipinski definition) is 3. The third kappa shape index (κ3) is 4.65. The zero-order valence-corrected chi connectivity index (χ0v) is 14.7. The van der Waals surface area contributed by atoms with Crippen molar-refractivity contribution >= 4 is 22.0 Å². The Kier molecular flexibility index (Phi) is 5.26.